The molecule has 1 aromatic rings. The largest absolute Gasteiger partial charge is 0.326 e. The third-order valence-corrected chi connectivity index (χ3v) is 4.28. The van der Waals surface area contributed by atoms with Crippen molar-refractivity contribution in [1.82, 2.24) is 10.2 Å². The van der Waals surface area contributed by atoms with Crippen LogP contribution in [0.25, 0.3) is 0 Å². The second-order valence-electron chi connectivity index (χ2n) is 6.33. The van der Waals surface area contributed by atoms with Crippen LogP contribution in [0.15, 0.2) is 24.3 Å². The van der Waals surface area contributed by atoms with Crippen LogP contribution in [0.5, 0.6) is 0 Å². The molecule has 0 saturated carbocycles. The molecule has 2 amide bonds. The van der Waals surface area contributed by atoms with Crippen molar-refractivity contribution < 1.29 is 9.59 Å². The maximum Gasteiger partial charge on any atom is 0.238 e. The molecule has 1 saturated heterocycles. The fourth-order valence-corrected chi connectivity index (χ4v) is 2.98. The lowest BCUT2D eigenvalue weighted by molar-refractivity contribution is -0.117. The molecule has 0 unspecified atom stereocenters. The number of amides is 2. The highest BCUT2D eigenvalue weighted by molar-refractivity contribution is 5.93. The van der Waals surface area contributed by atoms with Gasteiger partial charge >= 0.3 is 0 Å². The Morgan fingerprint density at radius 1 is 1.12 bits per heavy atom. The molecule has 0 bridgehead atoms. The molecular weight excluding hydrogens is 340 g/mol. The van der Waals surface area contributed by atoms with Crippen molar-refractivity contribution >= 4 is 35.6 Å². The van der Waals surface area contributed by atoms with Crippen LogP contribution in [-0.4, -0.2) is 49.4 Å². The molecular formula is C18H29ClN4O2. The molecule has 6 nitrogen and oxygen atoms in total. The van der Waals surface area contributed by atoms with Crippen LogP contribution >= 0.6 is 12.4 Å². The average Bonchev–Trinajstić information content (AvgIpc) is 2.56. The molecule has 7 heteroatoms. The Hall–Kier alpha value is -1.63. The van der Waals surface area contributed by atoms with Crippen molar-refractivity contribution in [2.75, 3.05) is 43.4 Å². The van der Waals surface area contributed by atoms with Gasteiger partial charge in [-0.05, 0) is 62.7 Å². The number of likely N-dealkylation sites (N-methyl/N-ethyl adjacent to an activating group) is 1. The van der Waals surface area contributed by atoms with Crippen LogP contribution < -0.4 is 16.0 Å². The van der Waals surface area contributed by atoms with Gasteiger partial charge in [0.1, 0.15) is 0 Å². The summed E-state index contributed by atoms with van der Waals surface area (Å²) in [5.74, 6) is 0.567. The number of rotatable bonds is 7. The summed E-state index contributed by atoms with van der Waals surface area (Å²) in [7, 11) is 0. The summed E-state index contributed by atoms with van der Waals surface area (Å²) in [6.45, 7) is 7.98. The van der Waals surface area contributed by atoms with Gasteiger partial charge in [0.25, 0.3) is 0 Å². The number of halogens is 1. The summed E-state index contributed by atoms with van der Waals surface area (Å²) in [6, 6.07) is 7.16. The Kier molecular flexibility index (Phi) is 9.49. The number of carbonyl (C=O) groups is 2. The lowest BCUT2D eigenvalue weighted by atomic mass is 9.97. The van der Waals surface area contributed by atoms with Gasteiger partial charge < -0.3 is 16.0 Å². The van der Waals surface area contributed by atoms with Gasteiger partial charge in [0.2, 0.25) is 11.8 Å². The molecule has 1 fully saturated rings. The molecule has 1 heterocycles. The molecule has 0 aromatic heterocycles. The molecule has 0 aliphatic carbocycles. The fourth-order valence-electron chi connectivity index (χ4n) is 2.98. The third kappa shape index (κ3) is 7.86. The van der Waals surface area contributed by atoms with E-state index in [1.807, 2.05) is 0 Å². The molecule has 0 spiro atoms. The smallest absolute Gasteiger partial charge is 0.238 e. The minimum atomic E-state index is -0.108. The first-order valence-corrected chi connectivity index (χ1v) is 8.67. The molecule has 140 valence electrons. The number of carbonyl (C=O) groups excluding carboxylic acids is 2. The Bertz CT molecular complexity index is 545. The van der Waals surface area contributed by atoms with E-state index in [0.717, 1.165) is 37.6 Å². The molecule has 3 N–H and O–H groups in total. The molecule has 1 aliphatic rings. The molecule has 1 aliphatic heterocycles. The zero-order chi connectivity index (χ0) is 17.4. The number of nitrogens with zero attached hydrogens (tertiary/aromatic N) is 1. The SMILES string of the molecule is CCN(CC(=O)Nc1ccc(NC(C)=O)cc1)CC1CCNCC1.Cl. The molecule has 0 radical (unpaired) electrons. The lowest BCUT2D eigenvalue weighted by Crippen LogP contribution is -2.39. The van der Waals surface area contributed by atoms with Gasteiger partial charge in [-0.3, -0.25) is 14.5 Å². The van der Waals surface area contributed by atoms with Gasteiger partial charge in [-0.25, -0.2) is 0 Å². The van der Waals surface area contributed by atoms with E-state index in [2.05, 4.69) is 27.8 Å². The topological polar surface area (TPSA) is 73.5 Å². The van der Waals surface area contributed by atoms with E-state index >= 15 is 0 Å². The zero-order valence-electron chi connectivity index (χ0n) is 15.0. The molecule has 0 atom stereocenters. The molecule has 1 aromatic carbocycles. The van der Waals surface area contributed by atoms with E-state index in [0.29, 0.717) is 12.5 Å². The minimum Gasteiger partial charge on any atom is -0.326 e. The van der Waals surface area contributed by atoms with Crippen molar-refractivity contribution in [3.63, 3.8) is 0 Å². The number of hydrogen-bond donors (Lipinski definition) is 3. The highest BCUT2D eigenvalue weighted by atomic mass is 35.5. The predicted molar refractivity (Wildman–Crippen MR) is 104 cm³/mol. The van der Waals surface area contributed by atoms with Crippen molar-refractivity contribution in [3.05, 3.63) is 24.3 Å². The summed E-state index contributed by atoms with van der Waals surface area (Å²) >= 11 is 0. The Labute approximate surface area is 156 Å². The zero-order valence-corrected chi connectivity index (χ0v) is 15.8. The van der Waals surface area contributed by atoms with E-state index in [-0.39, 0.29) is 24.2 Å². The second-order valence-corrected chi connectivity index (χ2v) is 6.33. The Balaban J connectivity index is 0.00000312. The van der Waals surface area contributed by atoms with Crippen LogP contribution in [0, 0.1) is 5.92 Å². The fraction of sp³-hybridized carbons (Fsp3) is 0.556. The number of piperidine rings is 1. The maximum absolute atomic E-state index is 12.3. The first-order valence-electron chi connectivity index (χ1n) is 8.67. The van der Waals surface area contributed by atoms with Gasteiger partial charge in [0.05, 0.1) is 6.54 Å². The number of nitrogens with one attached hydrogen (secondary N) is 3. The summed E-state index contributed by atoms with van der Waals surface area (Å²) in [6.07, 6.45) is 2.37. The van der Waals surface area contributed by atoms with Gasteiger partial charge in [0.15, 0.2) is 0 Å². The predicted octanol–water partition coefficient (Wildman–Crippen LogP) is 2.33. The number of anilines is 2. The minimum absolute atomic E-state index is 0. The third-order valence-electron chi connectivity index (χ3n) is 4.28. The van der Waals surface area contributed by atoms with Gasteiger partial charge in [-0.15, -0.1) is 12.4 Å². The second kappa shape index (κ2) is 11.1. The quantitative estimate of drug-likeness (QED) is 0.690. The van der Waals surface area contributed by atoms with Crippen LogP contribution in [0.4, 0.5) is 11.4 Å². The molecule has 25 heavy (non-hydrogen) atoms. The number of hydrogen-bond acceptors (Lipinski definition) is 4. The Morgan fingerprint density at radius 3 is 2.20 bits per heavy atom. The normalized spacial score (nSPS) is 14.7. The standard InChI is InChI=1S/C18H28N4O2.ClH/c1-3-22(12-15-8-10-19-11-9-15)13-18(24)21-17-6-4-16(5-7-17)20-14(2)23;/h4-7,15,19H,3,8-13H2,1-2H3,(H,20,23)(H,21,24);1H. The van der Waals surface area contributed by atoms with Gasteiger partial charge in [-0.1, -0.05) is 6.92 Å². The van der Waals surface area contributed by atoms with Crippen LogP contribution in [0.3, 0.4) is 0 Å². The summed E-state index contributed by atoms with van der Waals surface area (Å²) in [5.41, 5.74) is 1.47. The van der Waals surface area contributed by atoms with Crippen LogP contribution in [-0.2, 0) is 9.59 Å². The van der Waals surface area contributed by atoms with Gasteiger partial charge in [-0.2, -0.15) is 0 Å². The highest BCUT2D eigenvalue weighted by Crippen LogP contribution is 2.15. The number of benzene rings is 1. The van der Waals surface area contributed by atoms with E-state index in [1.54, 1.807) is 24.3 Å². The van der Waals surface area contributed by atoms with E-state index in [9.17, 15) is 9.59 Å². The van der Waals surface area contributed by atoms with Crippen molar-refractivity contribution in [3.8, 4) is 0 Å². The van der Waals surface area contributed by atoms with Gasteiger partial charge in [0, 0.05) is 24.8 Å². The first kappa shape index (κ1) is 21.4. The Morgan fingerprint density at radius 2 is 1.68 bits per heavy atom. The highest BCUT2D eigenvalue weighted by Gasteiger charge is 2.18. The van der Waals surface area contributed by atoms with Crippen LogP contribution in [0.2, 0.25) is 0 Å². The maximum atomic E-state index is 12.3. The summed E-state index contributed by atoms with van der Waals surface area (Å²) < 4.78 is 0. The summed E-state index contributed by atoms with van der Waals surface area (Å²) in [5, 5.41) is 9.00. The van der Waals surface area contributed by atoms with Crippen LogP contribution in [0.1, 0.15) is 26.7 Å². The summed E-state index contributed by atoms with van der Waals surface area (Å²) in [4.78, 5) is 25.5. The van der Waals surface area contributed by atoms with Crippen molar-refractivity contribution in [2.45, 2.75) is 26.7 Å². The monoisotopic (exact) mass is 368 g/mol. The van der Waals surface area contributed by atoms with Crippen molar-refractivity contribution in [1.29, 1.82) is 0 Å². The van der Waals surface area contributed by atoms with E-state index in [1.165, 1.54) is 19.8 Å². The molecule has 2 rings (SSSR count). The first-order chi connectivity index (χ1) is 11.6. The lowest BCUT2D eigenvalue weighted by Gasteiger charge is -2.28. The van der Waals surface area contributed by atoms with E-state index in [4.69, 9.17) is 0 Å². The average molecular weight is 369 g/mol. The van der Waals surface area contributed by atoms with Crippen molar-refractivity contribution in [2.24, 2.45) is 5.92 Å². The van der Waals surface area contributed by atoms with E-state index < -0.39 is 0 Å².